The summed E-state index contributed by atoms with van der Waals surface area (Å²) >= 11 is 0. The van der Waals surface area contributed by atoms with Crippen molar-refractivity contribution in [3.8, 4) is 0 Å². The molecule has 0 radical (unpaired) electrons. The van der Waals surface area contributed by atoms with Crippen molar-refractivity contribution in [2.45, 2.75) is 26.2 Å². The van der Waals surface area contributed by atoms with Gasteiger partial charge in [-0.05, 0) is 44.9 Å². The molecule has 0 spiro atoms. The molecule has 0 atom stereocenters. The minimum absolute atomic E-state index is 0. The summed E-state index contributed by atoms with van der Waals surface area (Å²) in [6.45, 7) is 7.14. The van der Waals surface area contributed by atoms with Crippen LogP contribution >= 0.6 is 12.4 Å². The molecule has 0 aromatic carbocycles. The number of ether oxygens (including phenoxy) is 1. The molecule has 0 unspecified atom stereocenters. The molecule has 1 heterocycles. The lowest BCUT2D eigenvalue weighted by molar-refractivity contribution is 0.00702. The van der Waals surface area contributed by atoms with E-state index in [1.807, 2.05) is 0 Å². The Morgan fingerprint density at radius 2 is 2.00 bits per heavy atom. The first-order valence-corrected chi connectivity index (χ1v) is 6.51. The number of rotatable bonds is 8. The summed E-state index contributed by atoms with van der Waals surface area (Å²) in [5.41, 5.74) is 0. The second-order valence-corrected chi connectivity index (χ2v) is 4.56. The van der Waals surface area contributed by atoms with Gasteiger partial charge in [0, 0.05) is 6.54 Å². The van der Waals surface area contributed by atoms with Crippen LogP contribution in [0.25, 0.3) is 0 Å². The van der Waals surface area contributed by atoms with E-state index < -0.39 is 13.0 Å². The Morgan fingerprint density at radius 1 is 1.33 bits per heavy atom. The maximum Gasteiger partial charge on any atom is 0.261 e. The van der Waals surface area contributed by atoms with Gasteiger partial charge in [0.1, 0.15) is 6.61 Å². The smallest absolute Gasteiger partial charge is 0.261 e. The summed E-state index contributed by atoms with van der Waals surface area (Å²) in [5.74, 6) is 0.771. The first-order chi connectivity index (χ1) is 8.22. The lowest BCUT2D eigenvalue weighted by Gasteiger charge is -2.31. The minimum atomic E-state index is -2.35. The van der Waals surface area contributed by atoms with E-state index in [9.17, 15) is 8.78 Å². The molecule has 0 amide bonds. The topological polar surface area (TPSA) is 24.5 Å². The van der Waals surface area contributed by atoms with Crippen LogP contribution in [0.5, 0.6) is 0 Å². The third-order valence-electron chi connectivity index (χ3n) is 3.19. The van der Waals surface area contributed by atoms with E-state index in [0.717, 1.165) is 38.6 Å². The molecule has 0 aromatic rings. The third kappa shape index (κ3) is 8.19. The molecule has 0 bridgehead atoms. The highest BCUT2D eigenvalue weighted by atomic mass is 35.5. The Bertz CT molecular complexity index is 191. The average Bonchev–Trinajstić information content (AvgIpc) is 2.33. The molecule has 1 fully saturated rings. The molecule has 1 aliphatic rings. The highest BCUT2D eigenvalue weighted by molar-refractivity contribution is 5.85. The van der Waals surface area contributed by atoms with Crippen molar-refractivity contribution in [1.82, 2.24) is 10.2 Å². The Morgan fingerprint density at radius 3 is 2.56 bits per heavy atom. The lowest BCUT2D eigenvalue weighted by Crippen LogP contribution is -2.39. The van der Waals surface area contributed by atoms with Gasteiger partial charge >= 0.3 is 0 Å². The van der Waals surface area contributed by atoms with Crippen molar-refractivity contribution in [2.24, 2.45) is 5.92 Å². The maximum atomic E-state index is 11.8. The van der Waals surface area contributed by atoms with Gasteiger partial charge in [0.25, 0.3) is 6.43 Å². The Balaban J connectivity index is 0.00000289. The van der Waals surface area contributed by atoms with Gasteiger partial charge in [0.15, 0.2) is 0 Å². The minimum Gasteiger partial charge on any atom is -0.374 e. The fourth-order valence-electron chi connectivity index (χ4n) is 2.13. The molecule has 1 rings (SSSR count). The standard InChI is InChI=1S/C12H24F2N2O.ClH/c1-2-15-9-11-3-5-16(6-4-11)7-8-17-10-12(13)14;/h11-12,15H,2-10H2,1H3;1H. The molecule has 3 nitrogen and oxygen atoms in total. The number of likely N-dealkylation sites (tertiary alicyclic amines) is 1. The number of nitrogens with zero attached hydrogens (tertiary/aromatic N) is 1. The van der Waals surface area contributed by atoms with Crippen LogP contribution in [-0.4, -0.2) is 57.3 Å². The molecule has 1 aliphatic heterocycles. The van der Waals surface area contributed by atoms with Crippen molar-refractivity contribution in [3.05, 3.63) is 0 Å². The molecule has 6 heteroatoms. The number of hydrogen-bond acceptors (Lipinski definition) is 3. The Labute approximate surface area is 115 Å². The predicted molar refractivity (Wildman–Crippen MR) is 71.8 cm³/mol. The van der Waals surface area contributed by atoms with Crippen molar-refractivity contribution < 1.29 is 13.5 Å². The van der Waals surface area contributed by atoms with Crippen LogP contribution in [0.4, 0.5) is 8.78 Å². The van der Waals surface area contributed by atoms with Crippen LogP contribution in [0.1, 0.15) is 19.8 Å². The second-order valence-electron chi connectivity index (χ2n) is 4.56. The van der Waals surface area contributed by atoms with E-state index in [0.29, 0.717) is 6.61 Å². The largest absolute Gasteiger partial charge is 0.374 e. The first kappa shape index (κ1) is 18.0. The van der Waals surface area contributed by atoms with E-state index in [2.05, 4.69) is 17.1 Å². The molecule has 0 aromatic heterocycles. The van der Waals surface area contributed by atoms with Gasteiger partial charge in [-0.2, -0.15) is 0 Å². The number of alkyl halides is 2. The van der Waals surface area contributed by atoms with Crippen LogP contribution in [0.15, 0.2) is 0 Å². The molecular formula is C12H25ClF2N2O. The number of hydrogen-bond donors (Lipinski definition) is 1. The highest BCUT2D eigenvalue weighted by Crippen LogP contribution is 2.15. The normalized spacial score (nSPS) is 18.0. The molecular weight excluding hydrogens is 262 g/mol. The molecule has 1 N–H and O–H groups in total. The summed E-state index contributed by atoms with van der Waals surface area (Å²) < 4.78 is 28.5. The van der Waals surface area contributed by atoms with Gasteiger partial charge in [-0.1, -0.05) is 6.92 Å². The van der Waals surface area contributed by atoms with E-state index in [-0.39, 0.29) is 12.4 Å². The average molecular weight is 287 g/mol. The molecule has 1 saturated heterocycles. The van der Waals surface area contributed by atoms with Gasteiger partial charge in [-0.25, -0.2) is 8.78 Å². The highest BCUT2D eigenvalue weighted by Gasteiger charge is 2.18. The number of piperidine rings is 1. The molecule has 0 saturated carbocycles. The predicted octanol–water partition coefficient (Wildman–Crippen LogP) is 2.01. The first-order valence-electron chi connectivity index (χ1n) is 6.51. The maximum absolute atomic E-state index is 11.8. The van der Waals surface area contributed by atoms with E-state index in [4.69, 9.17) is 4.74 Å². The van der Waals surface area contributed by atoms with Crippen molar-refractivity contribution in [1.29, 1.82) is 0 Å². The van der Waals surface area contributed by atoms with Gasteiger partial charge < -0.3 is 15.0 Å². The van der Waals surface area contributed by atoms with Crippen LogP contribution in [0.3, 0.4) is 0 Å². The number of nitrogens with one attached hydrogen (secondary N) is 1. The Hall–Kier alpha value is 0.0300. The summed E-state index contributed by atoms with van der Waals surface area (Å²) in [5, 5.41) is 3.37. The third-order valence-corrected chi connectivity index (χ3v) is 3.19. The van der Waals surface area contributed by atoms with E-state index in [1.54, 1.807) is 0 Å². The van der Waals surface area contributed by atoms with Crippen LogP contribution < -0.4 is 5.32 Å². The fraction of sp³-hybridized carbons (Fsp3) is 1.00. The van der Waals surface area contributed by atoms with E-state index >= 15 is 0 Å². The molecule has 18 heavy (non-hydrogen) atoms. The zero-order valence-electron chi connectivity index (χ0n) is 11.0. The van der Waals surface area contributed by atoms with E-state index in [1.165, 1.54) is 12.8 Å². The van der Waals surface area contributed by atoms with Crippen LogP contribution in [-0.2, 0) is 4.74 Å². The monoisotopic (exact) mass is 286 g/mol. The van der Waals surface area contributed by atoms with Crippen LogP contribution in [0.2, 0.25) is 0 Å². The zero-order chi connectivity index (χ0) is 12.5. The lowest BCUT2D eigenvalue weighted by atomic mass is 9.97. The number of halogens is 3. The zero-order valence-corrected chi connectivity index (χ0v) is 11.9. The van der Waals surface area contributed by atoms with Crippen molar-refractivity contribution in [3.63, 3.8) is 0 Å². The van der Waals surface area contributed by atoms with Gasteiger partial charge in [-0.15, -0.1) is 12.4 Å². The van der Waals surface area contributed by atoms with Gasteiger partial charge in [0.2, 0.25) is 0 Å². The van der Waals surface area contributed by atoms with Crippen molar-refractivity contribution in [2.75, 3.05) is 45.9 Å². The van der Waals surface area contributed by atoms with Crippen molar-refractivity contribution >= 4 is 12.4 Å². The van der Waals surface area contributed by atoms with Gasteiger partial charge in [-0.3, -0.25) is 0 Å². The Kier molecular flexibility index (Phi) is 10.9. The SMILES string of the molecule is CCNCC1CCN(CCOCC(F)F)CC1.Cl. The molecule has 0 aliphatic carbocycles. The summed E-state index contributed by atoms with van der Waals surface area (Å²) in [4.78, 5) is 2.30. The summed E-state index contributed by atoms with van der Waals surface area (Å²) in [6, 6.07) is 0. The molecule has 110 valence electrons. The second kappa shape index (κ2) is 10.9. The fourth-order valence-corrected chi connectivity index (χ4v) is 2.13. The van der Waals surface area contributed by atoms with Gasteiger partial charge in [0.05, 0.1) is 6.61 Å². The summed E-state index contributed by atoms with van der Waals surface area (Å²) in [6.07, 6.45) is 0.0461. The van der Waals surface area contributed by atoms with Crippen LogP contribution in [0, 0.1) is 5.92 Å². The summed E-state index contributed by atoms with van der Waals surface area (Å²) in [7, 11) is 0. The quantitative estimate of drug-likeness (QED) is 0.691.